The third-order valence-corrected chi connectivity index (χ3v) is 4.17. The lowest BCUT2D eigenvalue weighted by Gasteiger charge is -1.99. The molecule has 3 heterocycles. The Labute approximate surface area is 109 Å². The Bertz CT molecular complexity index is 756. The van der Waals surface area contributed by atoms with Gasteiger partial charge >= 0.3 is 0 Å². The zero-order chi connectivity index (χ0) is 12.0. The summed E-state index contributed by atoms with van der Waals surface area (Å²) in [6.07, 6.45) is 1.83. The summed E-state index contributed by atoms with van der Waals surface area (Å²) in [6, 6.07) is 3.81. The monoisotopic (exact) mass is 309 g/mol. The topological polar surface area (TPSA) is 61.5 Å². The highest BCUT2D eigenvalue weighted by atomic mass is 79.9. The zero-order valence-electron chi connectivity index (χ0n) is 8.87. The Kier molecular flexibility index (Phi) is 2.41. The van der Waals surface area contributed by atoms with Crippen molar-refractivity contribution in [1.82, 2.24) is 15.0 Å². The molecule has 3 aromatic rings. The Hall–Kier alpha value is -1.40. The number of thiophene rings is 1. The van der Waals surface area contributed by atoms with Gasteiger partial charge in [0.15, 0.2) is 5.82 Å². The number of H-pyrrole nitrogens is 2. The molecule has 4 nitrogen and oxygen atoms in total. The third kappa shape index (κ3) is 1.73. The summed E-state index contributed by atoms with van der Waals surface area (Å²) in [5, 5.41) is 0. The molecular formula is C11H8BrN3OS. The van der Waals surface area contributed by atoms with Gasteiger partial charge in [0.1, 0.15) is 4.70 Å². The van der Waals surface area contributed by atoms with Crippen molar-refractivity contribution in [2.24, 2.45) is 0 Å². The van der Waals surface area contributed by atoms with Crippen molar-refractivity contribution in [3.05, 3.63) is 38.0 Å². The van der Waals surface area contributed by atoms with Gasteiger partial charge in [-0.1, -0.05) is 0 Å². The van der Waals surface area contributed by atoms with Crippen molar-refractivity contribution in [2.75, 3.05) is 0 Å². The molecule has 0 unspecified atom stereocenters. The quantitative estimate of drug-likeness (QED) is 0.725. The predicted molar refractivity (Wildman–Crippen MR) is 72.5 cm³/mol. The number of nitrogens with zero attached hydrogens (tertiary/aromatic N) is 1. The van der Waals surface area contributed by atoms with Gasteiger partial charge in [-0.25, -0.2) is 4.98 Å². The highest BCUT2D eigenvalue weighted by molar-refractivity contribution is 9.11. The van der Waals surface area contributed by atoms with Gasteiger partial charge in [0.05, 0.1) is 15.0 Å². The van der Waals surface area contributed by atoms with Crippen molar-refractivity contribution in [3.8, 4) is 11.5 Å². The van der Waals surface area contributed by atoms with Gasteiger partial charge in [0.25, 0.3) is 5.56 Å². The third-order valence-electron chi connectivity index (χ3n) is 2.54. The molecule has 0 amide bonds. The zero-order valence-corrected chi connectivity index (χ0v) is 11.3. The molecule has 0 aliphatic heterocycles. The molecule has 0 spiro atoms. The fourth-order valence-electron chi connectivity index (χ4n) is 1.73. The first-order chi connectivity index (χ1) is 8.15. The van der Waals surface area contributed by atoms with Crippen LogP contribution in [0.1, 0.15) is 5.56 Å². The first kappa shape index (κ1) is 10.7. The molecule has 17 heavy (non-hydrogen) atoms. The molecule has 6 heteroatoms. The maximum Gasteiger partial charge on any atom is 0.269 e. The SMILES string of the molecule is Cc1cc[nH]c1-c1nc2cc(Br)sc2c(=O)[nH]1. The van der Waals surface area contributed by atoms with Crippen molar-refractivity contribution in [1.29, 1.82) is 0 Å². The minimum Gasteiger partial charge on any atom is -0.358 e. The number of rotatable bonds is 1. The van der Waals surface area contributed by atoms with Crippen LogP contribution in [-0.4, -0.2) is 15.0 Å². The van der Waals surface area contributed by atoms with Gasteiger partial charge in [-0.15, -0.1) is 11.3 Å². The second-order valence-electron chi connectivity index (χ2n) is 3.72. The smallest absolute Gasteiger partial charge is 0.269 e. The summed E-state index contributed by atoms with van der Waals surface area (Å²) in [6.45, 7) is 1.97. The summed E-state index contributed by atoms with van der Waals surface area (Å²) in [7, 11) is 0. The number of aromatic nitrogens is 3. The lowest BCUT2D eigenvalue weighted by molar-refractivity contribution is 1.15. The van der Waals surface area contributed by atoms with Crippen molar-refractivity contribution in [2.45, 2.75) is 6.92 Å². The summed E-state index contributed by atoms with van der Waals surface area (Å²) < 4.78 is 1.55. The number of aromatic amines is 2. The highest BCUT2D eigenvalue weighted by Gasteiger charge is 2.10. The minimum atomic E-state index is -0.102. The number of fused-ring (bicyclic) bond motifs is 1. The van der Waals surface area contributed by atoms with Crippen molar-refractivity contribution >= 4 is 37.5 Å². The molecule has 0 radical (unpaired) electrons. The van der Waals surface area contributed by atoms with Crippen LogP contribution in [0.3, 0.4) is 0 Å². The van der Waals surface area contributed by atoms with Gasteiger partial charge in [0, 0.05) is 6.20 Å². The normalized spacial score (nSPS) is 11.2. The lowest BCUT2D eigenvalue weighted by Crippen LogP contribution is -2.08. The van der Waals surface area contributed by atoms with Gasteiger partial charge < -0.3 is 9.97 Å². The fourth-order valence-corrected chi connectivity index (χ4v) is 3.15. The molecule has 0 saturated carbocycles. The summed E-state index contributed by atoms with van der Waals surface area (Å²) in [5.74, 6) is 0.579. The Morgan fingerprint density at radius 3 is 3.00 bits per heavy atom. The maximum atomic E-state index is 11.9. The maximum absolute atomic E-state index is 11.9. The lowest BCUT2D eigenvalue weighted by atomic mass is 10.2. The minimum absolute atomic E-state index is 0.102. The van der Waals surface area contributed by atoms with Crippen LogP contribution in [0, 0.1) is 6.92 Å². The van der Waals surface area contributed by atoms with E-state index in [1.807, 2.05) is 25.3 Å². The summed E-state index contributed by atoms with van der Waals surface area (Å²) in [5.41, 5.74) is 2.53. The van der Waals surface area contributed by atoms with E-state index < -0.39 is 0 Å². The highest BCUT2D eigenvalue weighted by Crippen LogP contribution is 2.27. The van der Waals surface area contributed by atoms with Crippen LogP contribution >= 0.6 is 27.3 Å². The molecule has 3 rings (SSSR count). The molecule has 0 aliphatic rings. The second kappa shape index (κ2) is 3.82. The first-order valence-corrected chi connectivity index (χ1v) is 6.60. The first-order valence-electron chi connectivity index (χ1n) is 4.99. The molecule has 86 valence electrons. The standard InChI is InChI=1S/C11H8BrN3OS/c1-5-2-3-13-8(5)10-14-6-4-7(12)17-9(6)11(16)15-10/h2-4,13H,1H3,(H,14,15,16). The predicted octanol–water partition coefficient (Wildman–Crippen LogP) is 3.05. The van der Waals surface area contributed by atoms with E-state index in [0.29, 0.717) is 10.5 Å². The average molecular weight is 310 g/mol. The largest absolute Gasteiger partial charge is 0.358 e. The van der Waals surface area contributed by atoms with E-state index in [0.717, 1.165) is 20.6 Å². The number of hydrogen-bond donors (Lipinski definition) is 2. The number of nitrogens with one attached hydrogen (secondary N) is 2. The summed E-state index contributed by atoms with van der Waals surface area (Å²) in [4.78, 5) is 22.2. The van der Waals surface area contributed by atoms with Gasteiger partial charge in [-0.3, -0.25) is 4.79 Å². The average Bonchev–Trinajstić information content (AvgIpc) is 2.83. The van der Waals surface area contributed by atoms with Gasteiger partial charge in [-0.05, 0) is 40.5 Å². The Morgan fingerprint density at radius 1 is 1.47 bits per heavy atom. The van der Waals surface area contributed by atoms with Crippen LogP contribution in [0.2, 0.25) is 0 Å². The molecule has 2 N–H and O–H groups in total. The van der Waals surface area contributed by atoms with Crippen LogP contribution in [0.4, 0.5) is 0 Å². The van der Waals surface area contributed by atoms with Gasteiger partial charge in [0.2, 0.25) is 0 Å². The number of halogens is 1. The van der Waals surface area contributed by atoms with Gasteiger partial charge in [-0.2, -0.15) is 0 Å². The Morgan fingerprint density at radius 2 is 2.29 bits per heavy atom. The molecular weight excluding hydrogens is 302 g/mol. The van der Waals surface area contributed by atoms with Crippen LogP contribution in [-0.2, 0) is 0 Å². The molecule has 0 fully saturated rings. The fraction of sp³-hybridized carbons (Fsp3) is 0.0909. The molecule has 0 atom stereocenters. The van der Waals surface area contributed by atoms with Crippen LogP contribution in [0.15, 0.2) is 26.9 Å². The van der Waals surface area contributed by atoms with Crippen LogP contribution in [0.25, 0.3) is 21.7 Å². The molecule has 0 bridgehead atoms. The molecule has 0 aliphatic carbocycles. The molecule has 0 aromatic carbocycles. The number of aryl methyl sites for hydroxylation is 1. The van der Waals surface area contributed by atoms with E-state index in [9.17, 15) is 4.79 Å². The second-order valence-corrected chi connectivity index (χ2v) is 6.15. The van der Waals surface area contributed by atoms with E-state index in [4.69, 9.17) is 0 Å². The Balaban J connectivity index is 2.32. The summed E-state index contributed by atoms with van der Waals surface area (Å²) >= 11 is 4.75. The number of hydrogen-bond acceptors (Lipinski definition) is 3. The van der Waals surface area contributed by atoms with Crippen LogP contribution < -0.4 is 5.56 Å². The van der Waals surface area contributed by atoms with Crippen molar-refractivity contribution in [3.63, 3.8) is 0 Å². The molecule has 0 saturated heterocycles. The van der Waals surface area contributed by atoms with E-state index in [-0.39, 0.29) is 5.56 Å². The van der Waals surface area contributed by atoms with E-state index in [1.165, 1.54) is 11.3 Å². The van der Waals surface area contributed by atoms with E-state index in [2.05, 4.69) is 30.9 Å². The van der Waals surface area contributed by atoms with E-state index in [1.54, 1.807) is 0 Å². The molecule has 3 aromatic heterocycles. The van der Waals surface area contributed by atoms with Crippen LogP contribution in [0.5, 0.6) is 0 Å². The van der Waals surface area contributed by atoms with Crippen molar-refractivity contribution < 1.29 is 0 Å². The van der Waals surface area contributed by atoms with E-state index >= 15 is 0 Å².